The normalized spacial score (nSPS) is 26.0. The Morgan fingerprint density at radius 1 is 1.31 bits per heavy atom. The molecule has 0 aliphatic heterocycles. The van der Waals surface area contributed by atoms with Crippen LogP contribution in [0.2, 0.25) is 0 Å². The fraction of sp³-hybridized carbons (Fsp3) is 0.917. The molecule has 0 aromatic carbocycles. The summed E-state index contributed by atoms with van der Waals surface area (Å²) in [7, 11) is 0. The highest BCUT2D eigenvalue weighted by Gasteiger charge is 2.23. The van der Waals surface area contributed by atoms with Gasteiger partial charge in [0.15, 0.2) is 0 Å². The van der Waals surface area contributed by atoms with Crippen LogP contribution in [0.3, 0.4) is 0 Å². The molecule has 0 saturated heterocycles. The molecule has 0 N–H and O–H groups in total. The van der Waals surface area contributed by atoms with Crippen LogP contribution in [0.4, 0.5) is 8.78 Å². The van der Waals surface area contributed by atoms with Gasteiger partial charge in [0.1, 0.15) is 12.4 Å². The van der Waals surface area contributed by atoms with Crippen LogP contribution in [0.1, 0.15) is 39.0 Å². The largest absolute Gasteiger partial charge is 0.375 e. The molecule has 0 amide bonds. The van der Waals surface area contributed by atoms with Gasteiger partial charge in [-0.3, -0.25) is 4.79 Å². The molecule has 0 aromatic heterocycles. The number of Topliss-reactive ketones (excluding diaryl/α,β-unsaturated/α-hetero) is 1. The van der Waals surface area contributed by atoms with Crippen LogP contribution in [0.5, 0.6) is 0 Å². The Kier molecular flexibility index (Phi) is 5.88. The molecular weight excluding hydrogens is 214 g/mol. The Morgan fingerprint density at radius 2 is 1.94 bits per heavy atom. The van der Waals surface area contributed by atoms with Crippen molar-refractivity contribution >= 4 is 5.78 Å². The first kappa shape index (κ1) is 13.6. The lowest BCUT2D eigenvalue weighted by atomic mass is 9.80. The number of hydrogen-bond donors (Lipinski definition) is 0. The second-order valence-corrected chi connectivity index (χ2v) is 4.64. The second kappa shape index (κ2) is 6.94. The Balaban J connectivity index is 2.10. The minimum Gasteiger partial charge on any atom is -0.375 e. The second-order valence-electron chi connectivity index (χ2n) is 4.64. The smallest absolute Gasteiger partial charge is 0.261 e. The predicted octanol–water partition coefficient (Wildman–Crippen LogP) is 3.05. The van der Waals surface area contributed by atoms with Crippen molar-refractivity contribution in [2.75, 3.05) is 13.2 Å². The van der Waals surface area contributed by atoms with Gasteiger partial charge in [-0.25, -0.2) is 8.78 Å². The lowest BCUT2D eigenvalue weighted by Crippen LogP contribution is -2.22. The quantitative estimate of drug-likeness (QED) is 0.660. The van der Waals surface area contributed by atoms with Crippen molar-refractivity contribution in [1.82, 2.24) is 0 Å². The van der Waals surface area contributed by atoms with E-state index in [0.29, 0.717) is 0 Å². The first-order valence-corrected chi connectivity index (χ1v) is 5.98. The van der Waals surface area contributed by atoms with Crippen LogP contribution < -0.4 is 0 Å². The lowest BCUT2D eigenvalue weighted by molar-refractivity contribution is -0.125. The molecule has 1 fully saturated rings. The number of halogens is 2. The molecule has 0 aromatic rings. The molecule has 1 rings (SSSR count). The highest BCUT2D eigenvalue weighted by molar-refractivity contribution is 5.81. The van der Waals surface area contributed by atoms with Crippen molar-refractivity contribution in [3.63, 3.8) is 0 Å². The van der Waals surface area contributed by atoms with Crippen LogP contribution in [0.15, 0.2) is 0 Å². The highest BCUT2D eigenvalue weighted by atomic mass is 19.3. The van der Waals surface area contributed by atoms with Gasteiger partial charge in [-0.15, -0.1) is 0 Å². The molecule has 1 aliphatic rings. The number of carbonyl (C=O) groups is 1. The van der Waals surface area contributed by atoms with E-state index >= 15 is 0 Å². The fourth-order valence-electron chi connectivity index (χ4n) is 2.13. The van der Waals surface area contributed by atoms with Gasteiger partial charge in [0.25, 0.3) is 6.43 Å². The van der Waals surface area contributed by atoms with E-state index in [0.717, 1.165) is 31.6 Å². The monoisotopic (exact) mass is 234 g/mol. The molecule has 4 heteroatoms. The predicted molar refractivity (Wildman–Crippen MR) is 57.6 cm³/mol. The minimum atomic E-state index is -2.44. The zero-order chi connectivity index (χ0) is 12.0. The molecule has 0 bridgehead atoms. The van der Waals surface area contributed by atoms with E-state index in [4.69, 9.17) is 4.74 Å². The molecular formula is C12H20F2O2. The van der Waals surface area contributed by atoms with Crippen LogP contribution in [0, 0.1) is 11.8 Å². The van der Waals surface area contributed by atoms with Crippen LogP contribution in [-0.4, -0.2) is 25.4 Å². The Hall–Kier alpha value is -0.510. The van der Waals surface area contributed by atoms with E-state index in [2.05, 4.69) is 6.92 Å². The number of ketones is 1. The average Bonchev–Trinajstić information content (AvgIpc) is 2.25. The van der Waals surface area contributed by atoms with Crippen LogP contribution >= 0.6 is 0 Å². The third-order valence-corrected chi connectivity index (χ3v) is 3.21. The van der Waals surface area contributed by atoms with Gasteiger partial charge in [-0.2, -0.15) is 0 Å². The van der Waals surface area contributed by atoms with Crippen molar-refractivity contribution in [1.29, 1.82) is 0 Å². The highest BCUT2D eigenvalue weighted by Crippen LogP contribution is 2.29. The van der Waals surface area contributed by atoms with E-state index in [1.807, 2.05) is 0 Å². The summed E-state index contributed by atoms with van der Waals surface area (Å²) in [6, 6.07) is 0. The summed E-state index contributed by atoms with van der Waals surface area (Å²) in [5.41, 5.74) is 0. The summed E-state index contributed by atoms with van der Waals surface area (Å²) in [4.78, 5) is 11.7. The number of carbonyl (C=O) groups excluding carboxylic acids is 1. The summed E-state index contributed by atoms with van der Waals surface area (Å²) in [6.45, 7) is 1.77. The lowest BCUT2D eigenvalue weighted by Gasteiger charge is -2.24. The zero-order valence-corrected chi connectivity index (χ0v) is 9.75. The first-order chi connectivity index (χ1) is 7.59. The number of ether oxygens (including phenoxy) is 1. The average molecular weight is 234 g/mol. The fourth-order valence-corrected chi connectivity index (χ4v) is 2.13. The van der Waals surface area contributed by atoms with Crippen molar-refractivity contribution in [2.45, 2.75) is 45.5 Å². The third-order valence-electron chi connectivity index (χ3n) is 3.21. The van der Waals surface area contributed by atoms with E-state index in [-0.39, 0.29) is 24.7 Å². The van der Waals surface area contributed by atoms with Gasteiger partial charge in [-0.05, 0) is 18.8 Å². The maximum Gasteiger partial charge on any atom is 0.261 e. The summed E-state index contributed by atoms with van der Waals surface area (Å²) < 4.78 is 28.2. The van der Waals surface area contributed by atoms with Gasteiger partial charge >= 0.3 is 0 Å². The van der Waals surface area contributed by atoms with Crippen LogP contribution in [-0.2, 0) is 9.53 Å². The molecule has 1 aliphatic carbocycles. The van der Waals surface area contributed by atoms with Gasteiger partial charge in [0.2, 0.25) is 0 Å². The first-order valence-electron chi connectivity index (χ1n) is 5.98. The van der Waals surface area contributed by atoms with E-state index in [1.54, 1.807) is 0 Å². The molecule has 16 heavy (non-hydrogen) atoms. The van der Waals surface area contributed by atoms with Crippen molar-refractivity contribution in [2.24, 2.45) is 11.8 Å². The number of rotatable bonds is 6. The Morgan fingerprint density at radius 3 is 2.50 bits per heavy atom. The summed E-state index contributed by atoms with van der Waals surface area (Å²) in [6.07, 6.45) is 1.96. The van der Waals surface area contributed by atoms with Crippen LogP contribution in [0.25, 0.3) is 0 Å². The molecule has 0 heterocycles. The van der Waals surface area contributed by atoms with Crippen molar-refractivity contribution < 1.29 is 18.3 Å². The maximum atomic E-state index is 11.7. The summed E-state index contributed by atoms with van der Waals surface area (Å²) >= 11 is 0. The van der Waals surface area contributed by atoms with Gasteiger partial charge < -0.3 is 4.74 Å². The van der Waals surface area contributed by atoms with E-state index < -0.39 is 13.0 Å². The molecule has 94 valence electrons. The Labute approximate surface area is 95.4 Å². The zero-order valence-electron chi connectivity index (χ0n) is 9.75. The molecule has 2 nitrogen and oxygen atoms in total. The molecule has 0 spiro atoms. The SMILES string of the molecule is CC1CCC(C(=O)CCOCC(F)F)CC1. The molecule has 0 unspecified atom stereocenters. The Bertz CT molecular complexity index is 211. The summed E-state index contributed by atoms with van der Waals surface area (Å²) in [5.74, 6) is 1.05. The molecule has 0 atom stereocenters. The topological polar surface area (TPSA) is 26.3 Å². The number of hydrogen-bond acceptors (Lipinski definition) is 2. The van der Waals surface area contributed by atoms with Gasteiger partial charge in [0, 0.05) is 12.3 Å². The van der Waals surface area contributed by atoms with Crippen molar-refractivity contribution in [3.8, 4) is 0 Å². The standard InChI is InChI=1S/C12H20F2O2/c1-9-2-4-10(5-3-9)11(15)6-7-16-8-12(13)14/h9-10,12H,2-8H2,1H3. The molecule has 1 saturated carbocycles. The van der Waals surface area contributed by atoms with E-state index in [9.17, 15) is 13.6 Å². The van der Waals surface area contributed by atoms with Crippen molar-refractivity contribution in [3.05, 3.63) is 0 Å². The minimum absolute atomic E-state index is 0.134. The molecule has 0 radical (unpaired) electrons. The van der Waals surface area contributed by atoms with Gasteiger partial charge in [0.05, 0.1) is 6.61 Å². The number of alkyl halides is 2. The third kappa shape index (κ3) is 5.01. The summed E-state index contributed by atoms with van der Waals surface area (Å²) in [5, 5.41) is 0. The maximum absolute atomic E-state index is 11.7. The van der Waals surface area contributed by atoms with Gasteiger partial charge in [-0.1, -0.05) is 19.8 Å². The van der Waals surface area contributed by atoms with E-state index in [1.165, 1.54) is 0 Å².